The normalized spacial score (nSPS) is 19.4. The van der Waals surface area contributed by atoms with Crippen molar-refractivity contribution in [1.82, 2.24) is 25.2 Å². The molecule has 2 fully saturated rings. The summed E-state index contributed by atoms with van der Waals surface area (Å²) in [6.07, 6.45) is 2.19. The van der Waals surface area contributed by atoms with Gasteiger partial charge in [0.15, 0.2) is 11.6 Å². The summed E-state index contributed by atoms with van der Waals surface area (Å²) < 4.78 is 52.1. The quantitative estimate of drug-likeness (QED) is 0.290. The molecule has 4 aromatic rings. The van der Waals surface area contributed by atoms with Crippen LogP contribution in [0, 0.1) is 28.8 Å². The monoisotopic (exact) mass is 616 g/mol. The minimum Gasteiger partial charge on any atom is -0.444 e. The molecule has 0 saturated carbocycles. The van der Waals surface area contributed by atoms with Gasteiger partial charge in [-0.15, -0.1) is 5.10 Å². The molecule has 2 aliphatic heterocycles. The van der Waals surface area contributed by atoms with Crippen LogP contribution in [-0.4, -0.2) is 55.6 Å². The lowest BCUT2D eigenvalue weighted by Gasteiger charge is -2.39. The van der Waals surface area contributed by atoms with Crippen LogP contribution < -0.4 is 5.32 Å². The Bertz CT molecular complexity index is 1880. The first kappa shape index (κ1) is 30.1. The van der Waals surface area contributed by atoms with Gasteiger partial charge < -0.3 is 15.0 Å². The number of hydrogen-bond donors (Lipinski definition) is 1. The van der Waals surface area contributed by atoms with Crippen molar-refractivity contribution in [2.24, 2.45) is 7.05 Å². The van der Waals surface area contributed by atoms with E-state index in [4.69, 9.17) is 4.74 Å². The second-order valence-electron chi connectivity index (χ2n) is 12.6. The van der Waals surface area contributed by atoms with Crippen LogP contribution >= 0.6 is 0 Å². The van der Waals surface area contributed by atoms with Crippen LogP contribution in [0.4, 0.5) is 18.0 Å². The van der Waals surface area contributed by atoms with Crippen LogP contribution in [0.1, 0.15) is 62.4 Å². The summed E-state index contributed by atoms with van der Waals surface area (Å²) in [6.45, 7) is 5.38. The number of nitriles is 1. The van der Waals surface area contributed by atoms with E-state index in [0.29, 0.717) is 12.8 Å². The van der Waals surface area contributed by atoms with Gasteiger partial charge in [-0.3, -0.25) is 4.79 Å². The Morgan fingerprint density at radius 3 is 2.33 bits per heavy atom. The number of fused-ring (bicyclic) bond motifs is 3. The topological polar surface area (TPSA) is 113 Å². The molecule has 2 saturated heterocycles. The van der Waals surface area contributed by atoms with Crippen LogP contribution in [0.15, 0.2) is 42.5 Å². The number of halogens is 3. The smallest absolute Gasteiger partial charge is 0.407 e. The lowest BCUT2D eigenvalue weighted by Crippen LogP contribution is -2.53. The Labute approximate surface area is 257 Å². The van der Waals surface area contributed by atoms with Gasteiger partial charge in [-0.1, -0.05) is 17.3 Å². The Morgan fingerprint density at radius 2 is 1.69 bits per heavy atom. The SMILES string of the molecule is Cn1nnc2cc(-c3ccc(C(=O)N4[C@@H]5CC[C@H]4CC(NC(=O)OC(C)(C)C)C5)cc3-c3ccc(C#N)c(F)c3)c(F)c(F)c21. The number of carbonyl (C=O) groups excluding carboxylic acids is 2. The number of hydrogen-bond acceptors (Lipinski definition) is 6. The molecule has 3 aromatic carbocycles. The molecular formula is C33H31F3N6O3. The molecule has 12 heteroatoms. The van der Waals surface area contributed by atoms with Crippen LogP contribution in [0.5, 0.6) is 0 Å². The van der Waals surface area contributed by atoms with Crippen LogP contribution in [0.2, 0.25) is 0 Å². The maximum Gasteiger partial charge on any atom is 0.407 e. The number of benzene rings is 3. The number of ether oxygens (including phenoxy) is 1. The molecule has 0 radical (unpaired) electrons. The third-order valence-corrected chi connectivity index (χ3v) is 8.42. The van der Waals surface area contributed by atoms with E-state index in [1.807, 2.05) is 4.90 Å². The van der Waals surface area contributed by atoms with Crippen molar-refractivity contribution in [3.63, 3.8) is 0 Å². The van der Waals surface area contributed by atoms with E-state index in [-0.39, 0.29) is 68.4 Å². The molecule has 1 aromatic heterocycles. The van der Waals surface area contributed by atoms with E-state index >= 15 is 8.78 Å². The molecule has 6 rings (SSSR count). The highest BCUT2D eigenvalue weighted by Gasteiger charge is 2.44. The highest BCUT2D eigenvalue weighted by molar-refractivity contribution is 5.99. The molecule has 3 heterocycles. The summed E-state index contributed by atoms with van der Waals surface area (Å²) in [5.74, 6) is -3.31. The molecule has 2 bridgehead atoms. The lowest BCUT2D eigenvalue weighted by molar-refractivity contribution is 0.0418. The number of alkyl carbamates (subject to hydrolysis) is 1. The van der Waals surface area contributed by atoms with Crippen molar-refractivity contribution in [3.05, 3.63) is 71.0 Å². The van der Waals surface area contributed by atoms with Gasteiger partial charge in [-0.05, 0) is 93.5 Å². The van der Waals surface area contributed by atoms with Crippen molar-refractivity contribution >= 4 is 23.0 Å². The molecule has 3 atom stereocenters. The summed E-state index contributed by atoms with van der Waals surface area (Å²) in [5.41, 5.74) is 0.142. The van der Waals surface area contributed by atoms with Crippen LogP contribution in [0.25, 0.3) is 33.3 Å². The van der Waals surface area contributed by atoms with Gasteiger partial charge in [0.2, 0.25) is 0 Å². The summed E-state index contributed by atoms with van der Waals surface area (Å²) >= 11 is 0. The van der Waals surface area contributed by atoms with Gasteiger partial charge in [0.25, 0.3) is 5.91 Å². The first-order valence-electron chi connectivity index (χ1n) is 14.7. The van der Waals surface area contributed by atoms with E-state index in [2.05, 4.69) is 15.6 Å². The maximum atomic E-state index is 15.6. The fourth-order valence-electron chi connectivity index (χ4n) is 6.52. The molecule has 0 aliphatic carbocycles. The van der Waals surface area contributed by atoms with E-state index < -0.39 is 29.1 Å². The maximum absolute atomic E-state index is 15.6. The van der Waals surface area contributed by atoms with Gasteiger partial charge in [0.05, 0.1) is 5.56 Å². The van der Waals surface area contributed by atoms with Gasteiger partial charge >= 0.3 is 6.09 Å². The van der Waals surface area contributed by atoms with Crippen molar-refractivity contribution in [2.75, 3.05) is 0 Å². The molecule has 1 unspecified atom stereocenters. The van der Waals surface area contributed by atoms with Gasteiger partial charge in [-0.2, -0.15) is 5.26 Å². The molecule has 1 N–H and O–H groups in total. The summed E-state index contributed by atoms with van der Waals surface area (Å²) in [7, 11) is 1.45. The van der Waals surface area contributed by atoms with Crippen LogP contribution in [-0.2, 0) is 11.8 Å². The van der Waals surface area contributed by atoms with Crippen molar-refractivity contribution < 1.29 is 27.5 Å². The van der Waals surface area contributed by atoms with E-state index in [9.17, 15) is 19.2 Å². The summed E-state index contributed by atoms with van der Waals surface area (Å²) in [6, 6.07) is 11.3. The highest BCUT2D eigenvalue weighted by atomic mass is 19.2. The molecule has 9 nitrogen and oxygen atoms in total. The molecule has 45 heavy (non-hydrogen) atoms. The van der Waals surface area contributed by atoms with E-state index in [1.165, 1.54) is 31.3 Å². The molecule has 2 amide bonds. The Morgan fingerprint density at radius 1 is 0.978 bits per heavy atom. The fourth-order valence-corrected chi connectivity index (χ4v) is 6.52. The van der Waals surface area contributed by atoms with Crippen molar-refractivity contribution in [2.45, 2.75) is 70.2 Å². The lowest BCUT2D eigenvalue weighted by atomic mass is 9.90. The number of amides is 2. The summed E-state index contributed by atoms with van der Waals surface area (Å²) in [5, 5.41) is 19.9. The van der Waals surface area contributed by atoms with Crippen LogP contribution in [0.3, 0.4) is 0 Å². The van der Waals surface area contributed by atoms with Gasteiger partial charge in [0, 0.05) is 36.3 Å². The number of piperidine rings is 1. The molecule has 2 aliphatic rings. The Balaban J connectivity index is 1.37. The summed E-state index contributed by atoms with van der Waals surface area (Å²) in [4.78, 5) is 28.2. The predicted octanol–water partition coefficient (Wildman–Crippen LogP) is 6.25. The number of nitrogens with zero attached hydrogens (tertiary/aromatic N) is 5. The standard InChI is InChI=1S/C33H31F3N6O3/c1-33(2,3)45-32(44)38-20-13-21-8-9-22(14-20)42(21)31(43)18-7-10-23(24(11-18)17-5-6-19(16-37)26(34)12-17)25-15-27-30(29(36)28(25)35)41(4)40-39-27/h5-7,10-12,15,20-22H,8-9,13-14H2,1-4H3,(H,38,44)/t20?,21-,22+. The molecule has 232 valence electrons. The predicted molar refractivity (Wildman–Crippen MR) is 159 cm³/mol. The third-order valence-electron chi connectivity index (χ3n) is 8.42. The second kappa shape index (κ2) is 11.2. The molecular weight excluding hydrogens is 585 g/mol. The minimum atomic E-state index is -1.14. The van der Waals surface area contributed by atoms with Gasteiger partial charge in [0.1, 0.15) is 28.5 Å². The number of rotatable bonds is 4. The first-order valence-corrected chi connectivity index (χ1v) is 14.7. The zero-order chi connectivity index (χ0) is 32.2. The van der Waals surface area contributed by atoms with Crippen molar-refractivity contribution in [1.29, 1.82) is 5.26 Å². The largest absolute Gasteiger partial charge is 0.444 e. The third kappa shape index (κ3) is 5.59. The van der Waals surface area contributed by atoms with E-state index in [0.717, 1.165) is 23.6 Å². The van der Waals surface area contributed by atoms with Crippen molar-refractivity contribution in [3.8, 4) is 28.3 Å². The number of carbonyl (C=O) groups is 2. The zero-order valence-electron chi connectivity index (χ0n) is 25.2. The first-order chi connectivity index (χ1) is 21.3. The number of aryl methyl sites for hydroxylation is 1. The average Bonchev–Trinajstić information content (AvgIpc) is 3.48. The fraction of sp³-hybridized carbons (Fsp3) is 0.364. The minimum absolute atomic E-state index is 0.103. The Hall–Kier alpha value is -4.92. The Kier molecular flexibility index (Phi) is 7.51. The number of nitrogens with one attached hydrogen (secondary N) is 1. The van der Waals surface area contributed by atoms with E-state index in [1.54, 1.807) is 39.0 Å². The van der Waals surface area contributed by atoms with Gasteiger partial charge in [-0.25, -0.2) is 22.6 Å². The number of aromatic nitrogens is 3. The highest BCUT2D eigenvalue weighted by Crippen LogP contribution is 2.40. The molecule has 0 spiro atoms. The second-order valence-corrected chi connectivity index (χ2v) is 12.6. The average molecular weight is 617 g/mol. The zero-order valence-corrected chi connectivity index (χ0v) is 25.2.